The standard InChI is InChI=1S/C14H12N4O3/c15-16-14(20)11-7-10(21-17-11)8-18-12-4-2-1-3-9(12)5-6-13(18)19/h1-7H,8,15H2,(H,16,20). The van der Waals surface area contributed by atoms with E-state index in [-0.39, 0.29) is 17.8 Å². The molecule has 0 spiro atoms. The molecule has 0 atom stereocenters. The fourth-order valence-electron chi connectivity index (χ4n) is 2.13. The van der Waals surface area contributed by atoms with Crippen molar-refractivity contribution in [3.8, 4) is 0 Å². The zero-order valence-electron chi connectivity index (χ0n) is 10.9. The minimum atomic E-state index is -0.546. The summed E-state index contributed by atoms with van der Waals surface area (Å²) in [6, 6.07) is 12.2. The zero-order valence-corrected chi connectivity index (χ0v) is 10.9. The second kappa shape index (κ2) is 5.22. The molecule has 21 heavy (non-hydrogen) atoms. The van der Waals surface area contributed by atoms with Crippen LogP contribution in [0.25, 0.3) is 10.9 Å². The number of nitrogen functional groups attached to an aromatic ring is 1. The summed E-state index contributed by atoms with van der Waals surface area (Å²) < 4.78 is 6.62. The van der Waals surface area contributed by atoms with E-state index in [1.165, 1.54) is 12.1 Å². The van der Waals surface area contributed by atoms with Crippen LogP contribution in [0.2, 0.25) is 0 Å². The quantitative estimate of drug-likeness (QED) is 0.417. The summed E-state index contributed by atoms with van der Waals surface area (Å²) in [6.07, 6.45) is 0. The van der Waals surface area contributed by atoms with Gasteiger partial charge in [0.1, 0.15) is 0 Å². The first kappa shape index (κ1) is 13.1. The first-order chi connectivity index (χ1) is 10.2. The third kappa shape index (κ3) is 2.41. The van der Waals surface area contributed by atoms with Crippen molar-refractivity contribution in [2.45, 2.75) is 6.54 Å². The second-order valence-corrected chi connectivity index (χ2v) is 4.47. The van der Waals surface area contributed by atoms with Crippen molar-refractivity contribution in [2.24, 2.45) is 5.84 Å². The van der Waals surface area contributed by atoms with Crippen molar-refractivity contribution in [3.63, 3.8) is 0 Å². The average Bonchev–Trinajstić information content (AvgIpc) is 2.98. The molecule has 0 fully saturated rings. The fourth-order valence-corrected chi connectivity index (χ4v) is 2.13. The molecule has 0 aliphatic rings. The van der Waals surface area contributed by atoms with E-state index in [4.69, 9.17) is 10.4 Å². The van der Waals surface area contributed by atoms with Crippen molar-refractivity contribution in [1.82, 2.24) is 15.1 Å². The number of pyridine rings is 1. The number of nitrogens with two attached hydrogens (primary N) is 1. The number of amides is 1. The molecule has 7 nitrogen and oxygen atoms in total. The highest BCUT2D eigenvalue weighted by Gasteiger charge is 2.12. The molecule has 0 aliphatic carbocycles. The maximum atomic E-state index is 12.0. The lowest BCUT2D eigenvalue weighted by molar-refractivity contribution is 0.0944. The van der Waals surface area contributed by atoms with Gasteiger partial charge < -0.3 is 9.09 Å². The average molecular weight is 284 g/mol. The highest BCUT2D eigenvalue weighted by Crippen LogP contribution is 2.13. The van der Waals surface area contributed by atoms with Crippen LogP contribution in [0.1, 0.15) is 16.2 Å². The maximum Gasteiger partial charge on any atom is 0.287 e. The number of rotatable bonds is 3. The van der Waals surface area contributed by atoms with Crippen molar-refractivity contribution >= 4 is 16.8 Å². The van der Waals surface area contributed by atoms with Crippen LogP contribution in [0.4, 0.5) is 0 Å². The molecule has 3 aromatic rings. The van der Waals surface area contributed by atoms with Crippen LogP contribution in [-0.4, -0.2) is 15.6 Å². The van der Waals surface area contributed by atoms with Gasteiger partial charge in [-0.3, -0.25) is 15.0 Å². The Labute approximate surface area is 118 Å². The second-order valence-electron chi connectivity index (χ2n) is 4.47. The van der Waals surface area contributed by atoms with E-state index in [0.717, 1.165) is 10.9 Å². The van der Waals surface area contributed by atoms with Gasteiger partial charge in [0.15, 0.2) is 11.5 Å². The maximum absolute atomic E-state index is 12.0. The molecule has 0 aliphatic heterocycles. The minimum absolute atomic E-state index is 0.0702. The van der Waals surface area contributed by atoms with E-state index in [9.17, 15) is 9.59 Å². The van der Waals surface area contributed by atoms with Crippen molar-refractivity contribution in [1.29, 1.82) is 0 Å². The Bertz CT molecular complexity index is 866. The van der Waals surface area contributed by atoms with Crippen LogP contribution in [0.5, 0.6) is 0 Å². The number of benzene rings is 1. The van der Waals surface area contributed by atoms with Crippen LogP contribution in [0.15, 0.2) is 51.8 Å². The van der Waals surface area contributed by atoms with Gasteiger partial charge in [-0.15, -0.1) is 0 Å². The van der Waals surface area contributed by atoms with Gasteiger partial charge in [-0.1, -0.05) is 23.4 Å². The van der Waals surface area contributed by atoms with Gasteiger partial charge in [-0.25, -0.2) is 5.84 Å². The Morgan fingerprint density at radius 1 is 1.29 bits per heavy atom. The summed E-state index contributed by atoms with van der Waals surface area (Å²) in [4.78, 5) is 23.4. The first-order valence-electron chi connectivity index (χ1n) is 6.24. The molecule has 0 saturated heterocycles. The molecule has 0 radical (unpaired) electrons. The molecule has 3 rings (SSSR count). The lowest BCUT2D eigenvalue weighted by Crippen LogP contribution is -2.30. The normalized spacial score (nSPS) is 10.7. The van der Waals surface area contributed by atoms with Crippen molar-refractivity contribution in [2.75, 3.05) is 0 Å². The van der Waals surface area contributed by atoms with Gasteiger partial charge in [0, 0.05) is 12.1 Å². The van der Waals surface area contributed by atoms with E-state index in [0.29, 0.717) is 5.76 Å². The number of hydrazine groups is 1. The summed E-state index contributed by atoms with van der Waals surface area (Å²) in [6.45, 7) is 0.186. The van der Waals surface area contributed by atoms with Crippen LogP contribution < -0.4 is 16.8 Å². The van der Waals surface area contributed by atoms with E-state index in [2.05, 4.69) is 5.16 Å². The molecule has 3 N–H and O–H groups in total. The molecule has 0 bridgehead atoms. The number of para-hydroxylation sites is 1. The van der Waals surface area contributed by atoms with E-state index >= 15 is 0 Å². The summed E-state index contributed by atoms with van der Waals surface area (Å²) in [5.41, 5.74) is 2.67. The Kier molecular flexibility index (Phi) is 3.25. The molecule has 1 aromatic carbocycles. The van der Waals surface area contributed by atoms with Gasteiger partial charge in [0.05, 0.1) is 12.1 Å². The van der Waals surface area contributed by atoms with E-state index < -0.39 is 5.91 Å². The topological polar surface area (TPSA) is 103 Å². The Morgan fingerprint density at radius 3 is 2.90 bits per heavy atom. The number of hydrogen-bond donors (Lipinski definition) is 2. The van der Waals surface area contributed by atoms with Crippen LogP contribution in [0, 0.1) is 0 Å². The smallest absolute Gasteiger partial charge is 0.287 e. The molecule has 2 heterocycles. The van der Waals surface area contributed by atoms with E-state index in [1.807, 2.05) is 29.7 Å². The van der Waals surface area contributed by atoms with Crippen LogP contribution >= 0.6 is 0 Å². The fraction of sp³-hybridized carbons (Fsp3) is 0.0714. The number of hydrogen-bond acceptors (Lipinski definition) is 5. The Morgan fingerprint density at radius 2 is 2.10 bits per heavy atom. The van der Waals surface area contributed by atoms with E-state index in [1.54, 1.807) is 10.6 Å². The molecule has 0 saturated carbocycles. The van der Waals surface area contributed by atoms with Gasteiger partial charge in [0.2, 0.25) is 0 Å². The molecule has 0 unspecified atom stereocenters. The number of aromatic nitrogens is 2. The summed E-state index contributed by atoms with van der Waals surface area (Å²) >= 11 is 0. The third-order valence-corrected chi connectivity index (χ3v) is 3.14. The SMILES string of the molecule is NNC(=O)c1cc(Cn2c(=O)ccc3ccccc32)on1. The number of carbonyl (C=O) groups is 1. The highest BCUT2D eigenvalue weighted by molar-refractivity contribution is 5.91. The predicted octanol–water partition coefficient (Wildman–Crippen LogP) is 0.641. The number of fused-ring (bicyclic) bond motifs is 1. The summed E-state index contributed by atoms with van der Waals surface area (Å²) in [5, 5.41) is 4.55. The third-order valence-electron chi connectivity index (χ3n) is 3.14. The largest absolute Gasteiger partial charge is 0.359 e. The minimum Gasteiger partial charge on any atom is -0.359 e. The molecular formula is C14H12N4O3. The van der Waals surface area contributed by atoms with Gasteiger partial charge >= 0.3 is 0 Å². The predicted molar refractivity (Wildman–Crippen MR) is 75.5 cm³/mol. The Balaban J connectivity index is 2.02. The number of nitrogens with one attached hydrogen (secondary N) is 1. The Hall–Kier alpha value is -2.93. The van der Waals surface area contributed by atoms with Gasteiger partial charge in [-0.2, -0.15) is 0 Å². The van der Waals surface area contributed by atoms with Crippen molar-refractivity contribution < 1.29 is 9.32 Å². The molecule has 2 aromatic heterocycles. The van der Waals surface area contributed by atoms with Gasteiger partial charge in [-0.05, 0) is 17.5 Å². The summed E-state index contributed by atoms with van der Waals surface area (Å²) in [5.74, 6) is 4.88. The lowest BCUT2D eigenvalue weighted by atomic mass is 10.2. The number of carbonyl (C=O) groups excluding carboxylic acids is 1. The van der Waals surface area contributed by atoms with Crippen LogP contribution in [0.3, 0.4) is 0 Å². The molecule has 7 heteroatoms. The lowest BCUT2D eigenvalue weighted by Gasteiger charge is -2.07. The number of nitrogens with zero attached hydrogens (tertiary/aromatic N) is 2. The summed E-state index contributed by atoms with van der Waals surface area (Å²) in [7, 11) is 0. The zero-order chi connectivity index (χ0) is 14.8. The van der Waals surface area contributed by atoms with Crippen molar-refractivity contribution in [3.05, 3.63) is 64.3 Å². The van der Waals surface area contributed by atoms with Gasteiger partial charge in [0.25, 0.3) is 11.5 Å². The molecule has 106 valence electrons. The highest BCUT2D eigenvalue weighted by atomic mass is 16.5. The first-order valence-corrected chi connectivity index (χ1v) is 6.24. The van der Waals surface area contributed by atoms with Crippen LogP contribution in [-0.2, 0) is 6.54 Å². The monoisotopic (exact) mass is 284 g/mol. The molecular weight excluding hydrogens is 272 g/mol. The molecule has 1 amide bonds.